The molecule has 9 aromatic carbocycles. The summed E-state index contributed by atoms with van der Waals surface area (Å²) in [6.45, 7) is 0. The number of aromatic nitrogens is 5. The highest BCUT2D eigenvalue weighted by molar-refractivity contribution is 6.12. The molecule has 0 saturated heterocycles. The van der Waals surface area contributed by atoms with Crippen LogP contribution in [0, 0.1) is 0 Å². The van der Waals surface area contributed by atoms with Gasteiger partial charge in [0.2, 0.25) is 0 Å². The quantitative estimate of drug-likeness (QED) is 0.150. The van der Waals surface area contributed by atoms with Gasteiger partial charge in [0, 0.05) is 43.9 Å². The Hall–Kier alpha value is -8.83. The second kappa shape index (κ2) is 16.4. The molecule has 0 spiro atoms. The van der Waals surface area contributed by atoms with E-state index in [1.54, 1.807) is 18.2 Å². The normalized spacial score (nSPS) is 12.1. The van der Waals surface area contributed by atoms with Crippen LogP contribution in [0.2, 0.25) is 0 Å². The van der Waals surface area contributed by atoms with Crippen LogP contribution in [0.25, 0.3) is 111 Å². The van der Waals surface area contributed by atoms with E-state index in [9.17, 15) is 26.3 Å². The molecule has 0 saturated carbocycles. The van der Waals surface area contributed by atoms with Crippen LogP contribution in [-0.2, 0) is 12.4 Å². The first-order chi connectivity index (χ1) is 34.0. The highest BCUT2D eigenvalue weighted by Gasteiger charge is 2.37. The van der Waals surface area contributed by atoms with Crippen molar-refractivity contribution in [1.29, 1.82) is 0 Å². The van der Waals surface area contributed by atoms with Crippen molar-refractivity contribution in [2.45, 2.75) is 12.4 Å². The van der Waals surface area contributed by atoms with E-state index in [1.165, 1.54) is 0 Å². The lowest BCUT2D eigenvalue weighted by atomic mass is 9.97. The van der Waals surface area contributed by atoms with Gasteiger partial charge in [0.05, 0.1) is 38.9 Å². The Kier molecular flexibility index (Phi) is 9.99. The van der Waals surface area contributed by atoms with E-state index in [-0.39, 0.29) is 17.2 Å². The zero-order valence-corrected chi connectivity index (χ0v) is 36.7. The summed E-state index contributed by atoms with van der Waals surface area (Å²) in [6, 6.07) is 64.7. The highest BCUT2D eigenvalue weighted by atomic mass is 19.4. The number of halogens is 6. The van der Waals surface area contributed by atoms with E-state index >= 15 is 0 Å². The zero-order chi connectivity index (χ0) is 47.7. The summed E-state index contributed by atoms with van der Waals surface area (Å²) in [6.07, 6.45) is -10.00. The van der Waals surface area contributed by atoms with Crippen molar-refractivity contribution < 1.29 is 26.3 Å². The topological polar surface area (TPSA) is 48.5 Å². The SMILES string of the molecule is FC(F)(F)c1cc(-c2ccc3c(c2)c2ccccc2n3-c2ccc(-c3ccc4c(c3)c3ccccc3n4-c3ccccc3)cc2-c2nc(-c3ccccc3)nc(-c3ccccc3)n2)cc(C(F)(F)F)c1. The Bertz CT molecular complexity index is 3880. The fourth-order valence-corrected chi connectivity index (χ4v) is 9.56. The predicted molar refractivity (Wildman–Crippen MR) is 266 cm³/mol. The van der Waals surface area contributed by atoms with Crippen molar-refractivity contribution in [3.8, 4) is 67.8 Å². The van der Waals surface area contributed by atoms with Crippen LogP contribution >= 0.6 is 0 Å². The lowest BCUT2D eigenvalue weighted by Gasteiger charge is -2.17. The van der Waals surface area contributed by atoms with Gasteiger partial charge in [0.1, 0.15) is 0 Å². The average Bonchev–Trinajstić information content (AvgIpc) is 3.90. The number of hydrogen-bond donors (Lipinski definition) is 0. The molecule has 0 fully saturated rings. The van der Waals surface area contributed by atoms with Crippen LogP contribution < -0.4 is 0 Å². The van der Waals surface area contributed by atoms with Crippen LogP contribution in [0.15, 0.2) is 212 Å². The first-order valence-electron chi connectivity index (χ1n) is 22.4. The molecule has 0 N–H and O–H groups in total. The smallest absolute Gasteiger partial charge is 0.309 e. The number of para-hydroxylation sites is 3. The molecule has 12 aromatic rings. The van der Waals surface area contributed by atoms with Gasteiger partial charge in [-0.05, 0) is 101 Å². The van der Waals surface area contributed by atoms with Gasteiger partial charge >= 0.3 is 12.4 Å². The maximum Gasteiger partial charge on any atom is 0.416 e. The highest BCUT2D eigenvalue weighted by Crippen LogP contribution is 2.43. The first-order valence-corrected chi connectivity index (χ1v) is 22.4. The fraction of sp³-hybridized carbons (Fsp3) is 0.0339. The lowest BCUT2D eigenvalue weighted by molar-refractivity contribution is -0.143. The van der Waals surface area contributed by atoms with E-state index in [2.05, 4.69) is 53.1 Å². The molecular weight excluding hydrogens is 893 g/mol. The third-order valence-corrected chi connectivity index (χ3v) is 12.8. The van der Waals surface area contributed by atoms with Crippen molar-refractivity contribution in [3.63, 3.8) is 0 Å². The molecule has 338 valence electrons. The largest absolute Gasteiger partial charge is 0.416 e. The summed E-state index contributed by atoms with van der Waals surface area (Å²) in [7, 11) is 0. The van der Waals surface area contributed by atoms with Crippen LogP contribution in [0.3, 0.4) is 0 Å². The predicted octanol–water partition coefficient (Wildman–Crippen LogP) is 16.4. The van der Waals surface area contributed by atoms with Gasteiger partial charge in [-0.1, -0.05) is 133 Å². The van der Waals surface area contributed by atoms with Gasteiger partial charge < -0.3 is 9.13 Å². The molecule has 5 nitrogen and oxygen atoms in total. The maximum absolute atomic E-state index is 14.1. The molecule has 0 bridgehead atoms. The summed E-state index contributed by atoms with van der Waals surface area (Å²) in [5, 5.41) is 3.53. The molecule has 0 atom stereocenters. The zero-order valence-electron chi connectivity index (χ0n) is 36.7. The third-order valence-electron chi connectivity index (χ3n) is 12.8. The second-order valence-electron chi connectivity index (χ2n) is 17.1. The molecule has 3 aromatic heterocycles. The van der Waals surface area contributed by atoms with Crippen molar-refractivity contribution in [2.24, 2.45) is 0 Å². The fourth-order valence-electron chi connectivity index (χ4n) is 9.56. The minimum absolute atomic E-state index is 0.147. The second-order valence-corrected chi connectivity index (χ2v) is 17.1. The molecular formula is C59H35F6N5. The number of nitrogens with zero attached hydrogens (tertiary/aromatic N) is 5. The van der Waals surface area contributed by atoms with E-state index < -0.39 is 23.5 Å². The summed E-state index contributed by atoms with van der Waals surface area (Å²) >= 11 is 0. The Morgan fingerprint density at radius 3 is 1.26 bits per heavy atom. The number of hydrogen-bond acceptors (Lipinski definition) is 3. The Balaban J connectivity index is 1.11. The first kappa shape index (κ1) is 42.5. The lowest BCUT2D eigenvalue weighted by Crippen LogP contribution is -2.11. The molecule has 0 unspecified atom stereocenters. The summed E-state index contributed by atoms with van der Waals surface area (Å²) < 4.78 is 88.7. The van der Waals surface area contributed by atoms with E-state index in [1.807, 2.05) is 132 Å². The van der Waals surface area contributed by atoms with Crippen molar-refractivity contribution in [1.82, 2.24) is 24.1 Å². The maximum atomic E-state index is 14.1. The molecule has 11 heteroatoms. The van der Waals surface area contributed by atoms with E-state index in [0.29, 0.717) is 39.6 Å². The molecule has 12 rings (SSSR count). The molecule has 3 heterocycles. The Morgan fingerprint density at radius 2 is 0.714 bits per heavy atom. The van der Waals surface area contributed by atoms with Crippen LogP contribution in [0.5, 0.6) is 0 Å². The van der Waals surface area contributed by atoms with Crippen molar-refractivity contribution in [2.75, 3.05) is 0 Å². The monoisotopic (exact) mass is 927 g/mol. The number of rotatable bonds is 7. The summed E-state index contributed by atoms with van der Waals surface area (Å²) in [5.74, 6) is 1.31. The van der Waals surface area contributed by atoms with Gasteiger partial charge in [-0.2, -0.15) is 26.3 Å². The standard InChI is InChI=1S/C59H35F6N5/c60-58(61,62)42-30-41(31-43(35-42)59(63,64)65)40-26-28-53-48(33-40)46-21-11-13-23-51(46)70(53)54-29-25-39(38-24-27-52-47(32-38)45-20-10-12-22-50(45)69(52)44-18-8-3-9-19-44)34-49(54)57-67-55(36-14-4-1-5-15-36)66-56(68-57)37-16-6-2-7-17-37/h1-35H. The average molecular weight is 928 g/mol. The van der Waals surface area contributed by atoms with Gasteiger partial charge in [-0.3, -0.25) is 0 Å². The Morgan fingerprint density at radius 1 is 0.300 bits per heavy atom. The molecule has 0 aliphatic carbocycles. The number of fused-ring (bicyclic) bond motifs is 6. The molecule has 0 amide bonds. The molecule has 0 aliphatic rings. The van der Waals surface area contributed by atoms with E-state index in [0.717, 1.165) is 72.8 Å². The van der Waals surface area contributed by atoms with Crippen LogP contribution in [0.1, 0.15) is 11.1 Å². The van der Waals surface area contributed by atoms with Crippen molar-refractivity contribution >= 4 is 43.6 Å². The van der Waals surface area contributed by atoms with Gasteiger partial charge in [0.25, 0.3) is 0 Å². The van der Waals surface area contributed by atoms with Gasteiger partial charge in [-0.25, -0.2) is 15.0 Å². The van der Waals surface area contributed by atoms with Gasteiger partial charge in [0.15, 0.2) is 17.5 Å². The van der Waals surface area contributed by atoms with E-state index in [4.69, 9.17) is 15.0 Å². The summed E-state index contributed by atoms with van der Waals surface area (Å²) in [5.41, 5.74) is 6.56. The van der Waals surface area contributed by atoms with Crippen LogP contribution in [-0.4, -0.2) is 24.1 Å². The molecule has 70 heavy (non-hydrogen) atoms. The van der Waals surface area contributed by atoms with Crippen molar-refractivity contribution in [3.05, 3.63) is 223 Å². The van der Waals surface area contributed by atoms with Gasteiger partial charge in [-0.15, -0.1) is 0 Å². The number of benzene rings is 9. The number of alkyl halides is 6. The minimum atomic E-state index is -5.00. The third kappa shape index (κ3) is 7.43. The molecule has 0 radical (unpaired) electrons. The molecule has 0 aliphatic heterocycles. The summed E-state index contributed by atoms with van der Waals surface area (Å²) in [4.78, 5) is 15.3. The van der Waals surface area contributed by atoms with Crippen LogP contribution in [0.4, 0.5) is 26.3 Å². The Labute approximate surface area is 396 Å². The minimum Gasteiger partial charge on any atom is -0.309 e.